The van der Waals surface area contributed by atoms with Crippen LogP contribution in [0.3, 0.4) is 0 Å². The molecule has 0 spiro atoms. The molecule has 0 aliphatic heterocycles. The third-order valence-electron chi connectivity index (χ3n) is 2.15. The van der Waals surface area contributed by atoms with Crippen LogP contribution in [0.2, 0.25) is 0 Å². The van der Waals surface area contributed by atoms with E-state index in [0.29, 0.717) is 12.2 Å². The van der Waals surface area contributed by atoms with E-state index in [4.69, 9.17) is 0 Å². The van der Waals surface area contributed by atoms with Crippen molar-refractivity contribution in [2.24, 2.45) is 0 Å². The van der Waals surface area contributed by atoms with Crippen LogP contribution in [0.15, 0.2) is 28.9 Å². The van der Waals surface area contributed by atoms with Crippen molar-refractivity contribution >= 4 is 21.8 Å². The highest BCUT2D eigenvalue weighted by molar-refractivity contribution is 9.10. The summed E-state index contributed by atoms with van der Waals surface area (Å²) in [5.74, 6) is -0.0672. The van der Waals surface area contributed by atoms with E-state index in [0.717, 1.165) is 10.0 Å². The molecule has 1 N–H and O–H groups in total. The molecule has 0 aliphatic carbocycles. The van der Waals surface area contributed by atoms with E-state index in [9.17, 15) is 4.79 Å². The Morgan fingerprint density at radius 3 is 2.75 bits per heavy atom. The molecule has 0 fully saturated rings. The van der Waals surface area contributed by atoms with Crippen LogP contribution in [-0.4, -0.2) is 17.0 Å². The molecule has 4 heteroatoms. The SMILES string of the molecule is C=C(C)CNC(=O)c1cc(Br)cn1C(C)C. The summed E-state index contributed by atoms with van der Waals surface area (Å²) < 4.78 is 2.86. The smallest absolute Gasteiger partial charge is 0.268 e. The molecule has 3 nitrogen and oxygen atoms in total. The van der Waals surface area contributed by atoms with Gasteiger partial charge in [-0.2, -0.15) is 0 Å². The lowest BCUT2D eigenvalue weighted by Gasteiger charge is -2.12. The standard InChI is InChI=1S/C12H17BrN2O/c1-8(2)6-14-12(16)11-5-10(13)7-15(11)9(3)4/h5,7,9H,1,6H2,2-4H3,(H,14,16). The van der Waals surface area contributed by atoms with Gasteiger partial charge in [-0.05, 0) is 42.8 Å². The Morgan fingerprint density at radius 2 is 2.25 bits per heavy atom. The van der Waals surface area contributed by atoms with Gasteiger partial charge in [-0.3, -0.25) is 4.79 Å². The van der Waals surface area contributed by atoms with Crippen LogP contribution in [0.1, 0.15) is 37.3 Å². The average Bonchev–Trinajstić information content (AvgIpc) is 2.56. The highest BCUT2D eigenvalue weighted by Crippen LogP contribution is 2.19. The van der Waals surface area contributed by atoms with Crippen molar-refractivity contribution in [3.63, 3.8) is 0 Å². The monoisotopic (exact) mass is 284 g/mol. The zero-order chi connectivity index (χ0) is 12.3. The molecular formula is C12H17BrN2O. The van der Waals surface area contributed by atoms with Gasteiger partial charge < -0.3 is 9.88 Å². The van der Waals surface area contributed by atoms with E-state index in [1.165, 1.54) is 0 Å². The van der Waals surface area contributed by atoms with Crippen molar-refractivity contribution < 1.29 is 4.79 Å². The molecule has 0 bridgehead atoms. The molecule has 0 saturated carbocycles. The quantitative estimate of drug-likeness (QED) is 0.847. The van der Waals surface area contributed by atoms with Crippen molar-refractivity contribution in [1.82, 2.24) is 9.88 Å². The van der Waals surface area contributed by atoms with Gasteiger partial charge in [0.15, 0.2) is 0 Å². The molecule has 0 unspecified atom stereocenters. The van der Waals surface area contributed by atoms with Crippen LogP contribution < -0.4 is 5.32 Å². The van der Waals surface area contributed by atoms with Crippen LogP contribution in [0, 0.1) is 0 Å². The van der Waals surface area contributed by atoms with E-state index in [1.54, 1.807) is 0 Å². The van der Waals surface area contributed by atoms with Gasteiger partial charge in [0, 0.05) is 23.3 Å². The van der Waals surface area contributed by atoms with E-state index >= 15 is 0 Å². The van der Waals surface area contributed by atoms with Crippen molar-refractivity contribution in [3.05, 3.63) is 34.6 Å². The predicted molar refractivity (Wildman–Crippen MR) is 69.7 cm³/mol. The first-order chi connectivity index (χ1) is 7.41. The Balaban J connectivity index is 2.86. The summed E-state index contributed by atoms with van der Waals surface area (Å²) in [6.07, 6.45) is 1.92. The van der Waals surface area contributed by atoms with E-state index in [1.807, 2.05) is 37.6 Å². The summed E-state index contributed by atoms with van der Waals surface area (Å²) in [6.45, 7) is 10.2. The Bertz CT molecular complexity index is 407. The minimum Gasteiger partial charge on any atom is -0.347 e. The number of amides is 1. The number of aromatic nitrogens is 1. The molecule has 16 heavy (non-hydrogen) atoms. The second-order valence-corrected chi connectivity index (χ2v) is 5.10. The minimum atomic E-state index is -0.0672. The van der Waals surface area contributed by atoms with Gasteiger partial charge in [0.1, 0.15) is 5.69 Å². The second-order valence-electron chi connectivity index (χ2n) is 4.18. The average molecular weight is 285 g/mol. The number of carbonyl (C=O) groups is 1. The lowest BCUT2D eigenvalue weighted by Crippen LogP contribution is -2.27. The van der Waals surface area contributed by atoms with Gasteiger partial charge in [-0.15, -0.1) is 0 Å². The summed E-state index contributed by atoms with van der Waals surface area (Å²) in [7, 11) is 0. The minimum absolute atomic E-state index is 0.0672. The van der Waals surface area contributed by atoms with E-state index in [2.05, 4.69) is 27.8 Å². The van der Waals surface area contributed by atoms with Gasteiger partial charge in [0.2, 0.25) is 0 Å². The zero-order valence-electron chi connectivity index (χ0n) is 9.88. The summed E-state index contributed by atoms with van der Waals surface area (Å²) in [5, 5.41) is 2.83. The van der Waals surface area contributed by atoms with Crippen molar-refractivity contribution in [1.29, 1.82) is 0 Å². The number of rotatable bonds is 4. The lowest BCUT2D eigenvalue weighted by atomic mass is 10.3. The summed E-state index contributed by atoms with van der Waals surface area (Å²) in [4.78, 5) is 11.9. The summed E-state index contributed by atoms with van der Waals surface area (Å²) >= 11 is 3.38. The molecule has 1 heterocycles. The Kier molecular flexibility index (Phi) is 4.35. The number of nitrogens with one attached hydrogen (secondary N) is 1. The second kappa shape index (κ2) is 5.34. The maximum Gasteiger partial charge on any atom is 0.268 e. The van der Waals surface area contributed by atoms with Gasteiger partial charge in [-0.1, -0.05) is 12.2 Å². The Morgan fingerprint density at radius 1 is 1.62 bits per heavy atom. The van der Waals surface area contributed by atoms with Gasteiger partial charge in [0.25, 0.3) is 5.91 Å². The number of hydrogen-bond acceptors (Lipinski definition) is 1. The summed E-state index contributed by atoms with van der Waals surface area (Å²) in [5.41, 5.74) is 1.61. The van der Waals surface area contributed by atoms with E-state index < -0.39 is 0 Å². The van der Waals surface area contributed by atoms with Gasteiger partial charge >= 0.3 is 0 Å². The third kappa shape index (κ3) is 3.23. The molecule has 0 aromatic carbocycles. The zero-order valence-corrected chi connectivity index (χ0v) is 11.5. The van der Waals surface area contributed by atoms with Crippen LogP contribution in [0.4, 0.5) is 0 Å². The first kappa shape index (κ1) is 13.0. The van der Waals surface area contributed by atoms with E-state index in [-0.39, 0.29) is 11.9 Å². The lowest BCUT2D eigenvalue weighted by molar-refractivity contribution is 0.0946. The largest absolute Gasteiger partial charge is 0.347 e. The highest BCUT2D eigenvalue weighted by Gasteiger charge is 2.14. The molecule has 0 atom stereocenters. The van der Waals surface area contributed by atoms with Crippen molar-refractivity contribution in [2.75, 3.05) is 6.54 Å². The molecule has 1 rings (SSSR count). The van der Waals surface area contributed by atoms with Gasteiger partial charge in [0.05, 0.1) is 0 Å². The molecule has 0 saturated heterocycles. The molecule has 1 amide bonds. The van der Waals surface area contributed by atoms with Crippen LogP contribution >= 0.6 is 15.9 Å². The number of carbonyl (C=O) groups excluding carboxylic acids is 1. The number of halogens is 1. The van der Waals surface area contributed by atoms with Crippen molar-refractivity contribution in [2.45, 2.75) is 26.8 Å². The first-order valence-electron chi connectivity index (χ1n) is 5.21. The molecule has 0 radical (unpaired) electrons. The first-order valence-corrected chi connectivity index (χ1v) is 6.01. The number of nitrogens with zero attached hydrogens (tertiary/aromatic N) is 1. The predicted octanol–water partition coefficient (Wildman–Crippen LogP) is 3.14. The summed E-state index contributed by atoms with van der Waals surface area (Å²) in [6, 6.07) is 2.09. The fourth-order valence-corrected chi connectivity index (χ4v) is 1.81. The van der Waals surface area contributed by atoms with Crippen LogP contribution in [-0.2, 0) is 0 Å². The number of hydrogen-bond donors (Lipinski definition) is 1. The molecule has 1 aromatic heterocycles. The highest BCUT2D eigenvalue weighted by atomic mass is 79.9. The van der Waals surface area contributed by atoms with Crippen LogP contribution in [0.5, 0.6) is 0 Å². The Labute approximate surface area is 105 Å². The van der Waals surface area contributed by atoms with Crippen LogP contribution in [0.25, 0.3) is 0 Å². The maximum absolute atomic E-state index is 11.9. The maximum atomic E-state index is 11.9. The normalized spacial score (nSPS) is 10.6. The van der Waals surface area contributed by atoms with Crippen molar-refractivity contribution in [3.8, 4) is 0 Å². The fourth-order valence-electron chi connectivity index (χ4n) is 1.38. The topological polar surface area (TPSA) is 34.0 Å². The fraction of sp³-hybridized carbons (Fsp3) is 0.417. The third-order valence-corrected chi connectivity index (χ3v) is 2.59. The Hall–Kier alpha value is -1.03. The molecular weight excluding hydrogens is 268 g/mol. The molecule has 1 aromatic rings. The van der Waals surface area contributed by atoms with Gasteiger partial charge in [-0.25, -0.2) is 0 Å². The molecule has 0 aliphatic rings. The molecule has 88 valence electrons.